The van der Waals surface area contributed by atoms with E-state index in [-0.39, 0.29) is 34.2 Å². The number of fused-ring (bicyclic) bond motifs is 1. The van der Waals surface area contributed by atoms with Crippen molar-refractivity contribution in [3.63, 3.8) is 0 Å². The van der Waals surface area contributed by atoms with E-state index in [1.165, 1.54) is 32.1 Å². The zero-order valence-electron chi connectivity index (χ0n) is 13.2. The summed E-state index contributed by atoms with van der Waals surface area (Å²) in [6, 6.07) is 0. The zero-order chi connectivity index (χ0) is 15.6. The van der Waals surface area contributed by atoms with Gasteiger partial charge in [0, 0.05) is 0 Å². The summed E-state index contributed by atoms with van der Waals surface area (Å²) < 4.78 is 14.4. The SMILES string of the molecule is CC1CC2(COCOC(=O)C(C)(I)C3N[I-]3)CC3CC3(C1)C2. The van der Waals surface area contributed by atoms with Crippen molar-refractivity contribution in [1.82, 2.24) is 3.53 Å². The van der Waals surface area contributed by atoms with Crippen molar-refractivity contribution in [1.29, 1.82) is 0 Å². The molecule has 0 aromatic heterocycles. The molecule has 6 heteroatoms. The number of carbonyl (C=O) groups excluding carboxylic acids is 1. The Morgan fingerprint density at radius 2 is 2.18 bits per heavy atom. The predicted molar refractivity (Wildman–Crippen MR) is 86.9 cm³/mol. The third kappa shape index (κ3) is 2.83. The molecule has 0 aromatic rings. The monoisotopic (exact) mass is 532 g/mol. The molecule has 4 rings (SSSR count). The standard InChI is InChI=1S/C16H24I2NO3/c1-10-3-15(5-11-6-16(11,4-10)7-15)8-21-9-22-13(20)14(2,17)12-18-19-12/h10-12,19H,3-9H2,1-2H3/q-1. The van der Waals surface area contributed by atoms with Gasteiger partial charge in [0.05, 0.1) is 0 Å². The fraction of sp³-hybridized carbons (Fsp3) is 0.938. The van der Waals surface area contributed by atoms with Crippen molar-refractivity contribution in [2.24, 2.45) is 22.7 Å². The second-order valence-corrected chi connectivity index (χ2v) is 12.9. The first kappa shape index (κ1) is 16.3. The summed E-state index contributed by atoms with van der Waals surface area (Å²) in [7, 11) is 0. The van der Waals surface area contributed by atoms with Gasteiger partial charge in [-0.05, 0) is 0 Å². The maximum atomic E-state index is 12.1. The van der Waals surface area contributed by atoms with Crippen LogP contribution in [0, 0.1) is 22.7 Å². The van der Waals surface area contributed by atoms with Crippen LogP contribution in [0.25, 0.3) is 0 Å². The topological polar surface area (TPSA) is 57.5 Å². The first-order valence-electron chi connectivity index (χ1n) is 8.17. The number of halogens is 2. The molecule has 1 heterocycles. The fourth-order valence-electron chi connectivity index (χ4n) is 5.26. The third-order valence-corrected chi connectivity index (χ3v) is 10.8. The van der Waals surface area contributed by atoms with Crippen LogP contribution in [0.1, 0.15) is 46.0 Å². The van der Waals surface area contributed by atoms with Crippen molar-refractivity contribution in [2.75, 3.05) is 13.4 Å². The Bertz CT molecular complexity index is 492. The van der Waals surface area contributed by atoms with E-state index in [1.54, 1.807) is 0 Å². The number of alkyl halides is 2. The molecule has 0 aromatic carbocycles. The van der Waals surface area contributed by atoms with Gasteiger partial charge in [-0.15, -0.1) is 0 Å². The molecule has 6 atom stereocenters. The average Bonchev–Trinajstić information content (AvgIpc) is 3.32. The van der Waals surface area contributed by atoms with E-state index in [0.717, 1.165) is 18.4 Å². The van der Waals surface area contributed by atoms with Gasteiger partial charge < -0.3 is 0 Å². The fourth-order valence-corrected chi connectivity index (χ4v) is 8.60. The molecule has 1 spiro atoms. The van der Waals surface area contributed by atoms with Gasteiger partial charge >= 0.3 is 157 Å². The van der Waals surface area contributed by atoms with Crippen molar-refractivity contribution in [3.05, 3.63) is 0 Å². The van der Waals surface area contributed by atoms with Gasteiger partial charge in [-0.2, -0.15) is 0 Å². The summed E-state index contributed by atoms with van der Waals surface area (Å²) in [6.07, 6.45) is 6.87. The normalized spacial score (nSPS) is 47.9. The first-order valence-corrected chi connectivity index (χ1v) is 11.6. The molecule has 4 fully saturated rings. The van der Waals surface area contributed by atoms with Gasteiger partial charge in [-0.3, -0.25) is 0 Å². The molecule has 0 radical (unpaired) electrons. The Labute approximate surface area is 156 Å². The molecule has 6 unspecified atom stereocenters. The maximum absolute atomic E-state index is 12.1. The summed E-state index contributed by atoms with van der Waals surface area (Å²) in [6.45, 7) is 5.24. The van der Waals surface area contributed by atoms with Crippen LogP contribution in [0.2, 0.25) is 0 Å². The number of ether oxygens (including phenoxy) is 2. The van der Waals surface area contributed by atoms with Gasteiger partial charge in [-0.25, -0.2) is 0 Å². The first-order chi connectivity index (χ1) is 10.4. The van der Waals surface area contributed by atoms with E-state index in [0.29, 0.717) is 14.9 Å². The van der Waals surface area contributed by atoms with Crippen LogP contribution in [-0.4, -0.2) is 26.8 Å². The minimum atomic E-state index is -0.426. The minimum absolute atomic E-state index is 0.00927. The molecule has 1 N–H and O–H groups in total. The number of hydrogen-bond acceptors (Lipinski definition) is 4. The number of carbonyl (C=O) groups is 1. The molecule has 3 saturated carbocycles. The van der Waals surface area contributed by atoms with Crippen LogP contribution in [0.5, 0.6) is 0 Å². The predicted octanol–water partition coefficient (Wildman–Crippen LogP) is -0.153. The molecule has 2 bridgehead atoms. The van der Waals surface area contributed by atoms with Gasteiger partial charge in [0.1, 0.15) is 0 Å². The molecule has 0 amide bonds. The van der Waals surface area contributed by atoms with Crippen molar-refractivity contribution in [2.45, 2.75) is 53.4 Å². The van der Waals surface area contributed by atoms with E-state index >= 15 is 0 Å². The van der Waals surface area contributed by atoms with E-state index in [4.69, 9.17) is 9.47 Å². The second-order valence-electron chi connectivity index (χ2n) is 8.21. The molecular formula is C16H24I2NO3-. The second kappa shape index (κ2) is 5.42. The molecule has 4 nitrogen and oxygen atoms in total. The van der Waals surface area contributed by atoms with Crippen LogP contribution in [0.4, 0.5) is 0 Å². The van der Waals surface area contributed by atoms with Crippen LogP contribution in [-0.2, 0) is 14.3 Å². The number of rotatable bonds is 6. The molecular weight excluding hydrogens is 508 g/mol. The van der Waals surface area contributed by atoms with Gasteiger partial charge in [0.15, 0.2) is 0 Å². The van der Waals surface area contributed by atoms with Gasteiger partial charge in [0.2, 0.25) is 0 Å². The van der Waals surface area contributed by atoms with Gasteiger partial charge in [0.25, 0.3) is 0 Å². The van der Waals surface area contributed by atoms with E-state index in [9.17, 15) is 4.79 Å². The third-order valence-electron chi connectivity index (χ3n) is 6.08. The summed E-state index contributed by atoms with van der Waals surface area (Å²) in [5.41, 5.74) is 1.06. The van der Waals surface area contributed by atoms with E-state index in [1.807, 2.05) is 6.92 Å². The molecule has 126 valence electrons. The van der Waals surface area contributed by atoms with Gasteiger partial charge in [-0.1, -0.05) is 0 Å². The zero-order valence-corrected chi connectivity index (χ0v) is 17.5. The average molecular weight is 532 g/mol. The molecule has 1 aliphatic heterocycles. The Morgan fingerprint density at radius 1 is 1.41 bits per heavy atom. The quantitative estimate of drug-likeness (QED) is 0.0757. The summed E-state index contributed by atoms with van der Waals surface area (Å²) in [5, 5.41) is 0. The molecule has 22 heavy (non-hydrogen) atoms. The number of nitrogens with one attached hydrogen (secondary N) is 1. The van der Waals surface area contributed by atoms with Crippen molar-refractivity contribution in [3.8, 4) is 0 Å². The van der Waals surface area contributed by atoms with E-state index < -0.39 is 3.42 Å². The van der Waals surface area contributed by atoms with Crippen LogP contribution >= 0.6 is 22.6 Å². The van der Waals surface area contributed by atoms with Crippen LogP contribution < -0.4 is 25.0 Å². The Morgan fingerprint density at radius 3 is 2.91 bits per heavy atom. The Hall–Kier alpha value is 0.850. The van der Waals surface area contributed by atoms with E-state index in [2.05, 4.69) is 33.0 Å². The molecule has 3 aliphatic carbocycles. The molecule has 4 aliphatic rings. The van der Waals surface area contributed by atoms with Crippen molar-refractivity contribution >= 4 is 28.6 Å². The summed E-state index contributed by atoms with van der Waals surface area (Å²) in [4.78, 5) is 12.1. The Balaban J connectivity index is 1.25. The summed E-state index contributed by atoms with van der Waals surface area (Å²) in [5.74, 6) is 1.66. The van der Waals surface area contributed by atoms with Crippen LogP contribution in [0.15, 0.2) is 0 Å². The Kier molecular flexibility index (Phi) is 4.02. The summed E-state index contributed by atoms with van der Waals surface area (Å²) >= 11 is 2.22. The van der Waals surface area contributed by atoms with Crippen molar-refractivity contribution < 1.29 is 35.7 Å². The van der Waals surface area contributed by atoms with Crippen LogP contribution in [0.3, 0.4) is 0 Å². The number of hydrogen-bond donors (Lipinski definition) is 1. The number of esters is 1. The molecule has 1 saturated heterocycles.